The first-order valence-electron chi connectivity index (χ1n) is 5.62. The zero-order valence-corrected chi connectivity index (χ0v) is 10.9. The smallest absolute Gasteiger partial charge is 0.302 e. The van der Waals surface area contributed by atoms with Gasteiger partial charge in [0.25, 0.3) is 0 Å². The molecule has 2 atom stereocenters. The topological polar surface area (TPSA) is 87.0 Å². The molecule has 1 aromatic rings. The molecule has 0 spiro atoms. The van der Waals surface area contributed by atoms with E-state index >= 15 is 0 Å². The van der Waals surface area contributed by atoms with Crippen molar-refractivity contribution in [2.75, 3.05) is 0 Å². The number of fused-ring (bicyclic) bond motifs is 1. The van der Waals surface area contributed by atoms with Crippen molar-refractivity contribution in [3.63, 3.8) is 0 Å². The van der Waals surface area contributed by atoms with Crippen molar-refractivity contribution in [2.24, 2.45) is 0 Å². The third-order valence-corrected chi connectivity index (χ3v) is 3.20. The van der Waals surface area contributed by atoms with Gasteiger partial charge in [-0.1, -0.05) is 11.6 Å². The number of aromatic hydroxyl groups is 1. The summed E-state index contributed by atoms with van der Waals surface area (Å²) in [5.74, 6) is -0.641. The van der Waals surface area contributed by atoms with Gasteiger partial charge in [-0.15, -0.1) is 0 Å². The molecule has 0 aliphatic heterocycles. The van der Waals surface area contributed by atoms with E-state index in [1.54, 1.807) is 6.07 Å². The Morgan fingerprint density at radius 1 is 1.42 bits per heavy atom. The lowest BCUT2D eigenvalue weighted by molar-refractivity contribution is -0.142. The van der Waals surface area contributed by atoms with E-state index < -0.39 is 18.2 Å². The van der Waals surface area contributed by atoms with Gasteiger partial charge in [-0.05, 0) is 29.3 Å². The number of ether oxygens (including phenoxy) is 1. The van der Waals surface area contributed by atoms with Crippen LogP contribution in [-0.4, -0.2) is 21.3 Å². The van der Waals surface area contributed by atoms with E-state index in [-0.39, 0.29) is 23.0 Å². The van der Waals surface area contributed by atoms with Gasteiger partial charge in [0.05, 0.1) is 11.1 Å². The maximum absolute atomic E-state index is 10.7. The summed E-state index contributed by atoms with van der Waals surface area (Å²) < 4.78 is 4.82. The number of halogens is 1. The Morgan fingerprint density at radius 3 is 2.74 bits per heavy atom. The highest BCUT2D eigenvalue weighted by Gasteiger charge is 2.28. The molecule has 2 rings (SSSR count). The summed E-state index contributed by atoms with van der Waals surface area (Å²) in [4.78, 5) is 10.7. The second kappa shape index (κ2) is 5.21. The van der Waals surface area contributed by atoms with Crippen LogP contribution < -0.4 is 0 Å². The van der Waals surface area contributed by atoms with Crippen LogP contribution in [0.2, 0.25) is 0 Å². The molecule has 0 saturated heterocycles. The van der Waals surface area contributed by atoms with E-state index in [2.05, 4.69) is 0 Å². The molecule has 0 fully saturated rings. The second-order valence-corrected chi connectivity index (χ2v) is 4.73. The van der Waals surface area contributed by atoms with Gasteiger partial charge in [0, 0.05) is 12.5 Å². The molecule has 19 heavy (non-hydrogen) atoms. The van der Waals surface area contributed by atoms with E-state index in [9.17, 15) is 20.1 Å². The van der Waals surface area contributed by atoms with Crippen LogP contribution in [-0.2, 0) is 16.1 Å². The third kappa shape index (κ3) is 2.73. The lowest BCUT2D eigenvalue weighted by Crippen LogP contribution is -2.13. The Morgan fingerprint density at radius 2 is 2.11 bits per heavy atom. The first-order chi connectivity index (χ1) is 8.90. The minimum absolute atomic E-state index is 0.0174. The first kappa shape index (κ1) is 13.9. The van der Waals surface area contributed by atoms with Gasteiger partial charge in [0.1, 0.15) is 18.5 Å². The monoisotopic (exact) mass is 284 g/mol. The number of aliphatic hydroxyl groups excluding tert-OH is 2. The summed E-state index contributed by atoms with van der Waals surface area (Å²) in [5.41, 5.74) is 1.04. The van der Waals surface area contributed by atoms with E-state index in [4.69, 9.17) is 16.3 Å². The number of aliphatic hydroxyl groups is 2. The number of carbonyl (C=O) groups is 1. The number of esters is 1. The Labute approximate surface area is 114 Å². The van der Waals surface area contributed by atoms with Crippen LogP contribution in [0.15, 0.2) is 23.2 Å². The summed E-state index contributed by atoms with van der Waals surface area (Å²) in [6.45, 7) is 1.26. The number of rotatable bonds is 2. The molecule has 5 nitrogen and oxygen atoms in total. The van der Waals surface area contributed by atoms with Crippen molar-refractivity contribution in [2.45, 2.75) is 25.7 Å². The Kier molecular flexibility index (Phi) is 3.80. The van der Waals surface area contributed by atoms with Gasteiger partial charge >= 0.3 is 5.97 Å². The zero-order chi connectivity index (χ0) is 14.2. The highest BCUT2D eigenvalue weighted by atomic mass is 35.5. The zero-order valence-electron chi connectivity index (χ0n) is 10.1. The van der Waals surface area contributed by atoms with Crippen LogP contribution in [0.5, 0.6) is 5.75 Å². The predicted octanol–water partition coefficient (Wildman–Crippen LogP) is 1.66. The molecule has 102 valence electrons. The van der Waals surface area contributed by atoms with Crippen molar-refractivity contribution in [3.05, 3.63) is 39.9 Å². The van der Waals surface area contributed by atoms with Crippen LogP contribution in [0.25, 0.3) is 0 Å². The molecule has 0 radical (unpaired) electrons. The van der Waals surface area contributed by atoms with Crippen LogP contribution in [0.1, 0.15) is 35.8 Å². The molecule has 3 N–H and O–H groups in total. The molecular formula is C13H13ClO5. The van der Waals surface area contributed by atoms with E-state index in [1.165, 1.54) is 19.1 Å². The molecule has 1 aliphatic carbocycles. The van der Waals surface area contributed by atoms with E-state index in [1.807, 2.05) is 0 Å². The molecule has 6 heteroatoms. The average molecular weight is 285 g/mol. The van der Waals surface area contributed by atoms with Crippen LogP contribution >= 0.6 is 11.6 Å². The molecule has 2 unspecified atom stereocenters. The van der Waals surface area contributed by atoms with Gasteiger partial charge in [-0.2, -0.15) is 0 Å². The molecule has 0 saturated carbocycles. The van der Waals surface area contributed by atoms with Crippen molar-refractivity contribution in [1.82, 2.24) is 0 Å². The summed E-state index contributed by atoms with van der Waals surface area (Å²) in [6.07, 6.45) is -0.888. The third-order valence-electron chi connectivity index (χ3n) is 2.86. The summed E-state index contributed by atoms with van der Waals surface area (Å²) in [5, 5.41) is 29.7. The van der Waals surface area contributed by atoms with Crippen molar-refractivity contribution < 1.29 is 24.9 Å². The van der Waals surface area contributed by atoms with Gasteiger partial charge in [0.15, 0.2) is 0 Å². The van der Waals surface area contributed by atoms with Gasteiger partial charge in [-0.25, -0.2) is 0 Å². The van der Waals surface area contributed by atoms with Crippen molar-refractivity contribution >= 4 is 17.6 Å². The fraction of sp³-hybridized carbons (Fsp3) is 0.308. The second-order valence-electron chi connectivity index (χ2n) is 4.30. The lowest BCUT2D eigenvalue weighted by Gasteiger charge is -2.25. The maximum atomic E-state index is 10.7. The molecule has 0 bridgehead atoms. The molecule has 0 amide bonds. The number of carbonyl (C=O) groups excluding carboxylic acids is 1. The Bertz CT molecular complexity index is 552. The minimum atomic E-state index is -1.16. The Hall–Kier alpha value is -1.56. The van der Waals surface area contributed by atoms with Crippen LogP contribution in [0, 0.1) is 0 Å². The SMILES string of the molecule is CC(=O)OCc1cc(O)c2c(c1)C(O)C=C(Cl)C2O. The predicted molar refractivity (Wildman–Crippen MR) is 67.4 cm³/mol. The molecule has 1 aromatic carbocycles. The summed E-state index contributed by atoms with van der Waals surface area (Å²) in [7, 11) is 0. The number of phenolic OH excluding ortho intramolecular Hbond substituents is 1. The fourth-order valence-electron chi connectivity index (χ4n) is 2.00. The quantitative estimate of drug-likeness (QED) is 0.719. The van der Waals surface area contributed by atoms with Gasteiger partial charge in [0.2, 0.25) is 0 Å². The number of hydrogen-bond acceptors (Lipinski definition) is 5. The van der Waals surface area contributed by atoms with Gasteiger partial charge < -0.3 is 20.1 Å². The maximum Gasteiger partial charge on any atom is 0.302 e. The Balaban J connectivity index is 2.40. The van der Waals surface area contributed by atoms with Crippen molar-refractivity contribution in [1.29, 1.82) is 0 Å². The van der Waals surface area contributed by atoms with Gasteiger partial charge in [-0.3, -0.25) is 4.79 Å². The number of benzene rings is 1. The highest BCUT2D eigenvalue weighted by Crippen LogP contribution is 2.42. The molecule has 1 aliphatic rings. The molecular weight excluding hydrogens is 272 g/mol. The number of phenols is 1. The molecule has 0 aromatic heterocycles. The van der Waals surface area contributed by atoms with E-state index in [0.29, 0.717) is 11.1 Å². The van der Waals surface area contributed by atoms with Crippen LogP contribution in [0.4, 0.5) is 0 Å². The first-order valence-corrected chi connectivity index (χ1v) is 6.00. The minimum Gasteiger partial charge on any atom is -0.508 e. The average Bonchev–Trinajstić information content (AvgIpc) is 2.33. The largest absolute Gasteiger partial charge is 0.508 e. The van der Waals surface area contributed by atoms with Crippen LogP contribution in [0.3, 0.4) is 0 Å². The lowest BCUT2D eigenvalue weighted by atomic mass is 9.90. The molecule has 0 heterocycles. The number of hydrogen-bond donors (Lipinski definition) is 3. The standard InChI is InChI=1S/C13H13ClO5/c1-6(15)19-5-7-2-8-10(16)4-9(14)13(18)12(8)11(17)3-7/h2-4,10,13,16-18H,5H2,1H3. The van der Waals surface area contributed by atoms with Crippen molar-refractivity contribution in [3.8, 4) is 5.75 Å². The highest BCUT2D eigenvalue weighted by molar-refractivity contribution is 6.30. The fourth-order valence-corrected chi connectivity index (χ4v) is 2.23. The normalized spacial score (nSPS) is 21.6. The summed E-state index contributed by atoms with van der Waals surface area (Å²) >= 11 is 5.77. The van der Waals surface area contributed by atoms with E-state index in [0.717, 1.165) is 0 Å². The summed E-state index contributed by atoms with van der Waals surface area (Å²) in [6, 6.07) is 2.93.